The predicted molar refractivity (Wildman–Crippen MR) is 107 cm³/mol. The topological polar surface area (TPSA) is 67.3 Å². The average molecular weight is 407 g/mol. The highest BCUT2D eigenvalue weighted by atomic mass is 35.5. The number of piperidine rings is 1. The van der Waals surface area contributed by atoms with E-state index < -0.39 is 0 Å². The average Bonchev–Trinajstić information content (AvgIpc) is 2.67. The van der Waals surface area contributed by atoms with Crippen molar-refractivity contribution in [2.75, 3.05) is 25.5 Å². The lowest BCUT2D eigenvalue weighted by Gasteiger charge is -2.33. The van der Waals surface area contributed by atoms with Crippen LogP contribution in [0.15, 0.2) is 36.2 Å². The minimum atomic E-state index is -0.185. The number of hydrogen-bond acceptors (Lipinski definition) is 4. The summed E-state index contributed by atoms with van der Waals surface area (Å²) in [5.74, 6) is 1.03. The number of amides is 2. The zero-order chi connectivity index (χ0) is 19.4. The molecule has 2 aromatic rings. The number of rotatable bonds is 3. The van der Waals surface area contributed by atoms with Crippen molar-refractivity contribution in [1.29, 1.82) is 0 Å². The maximum absolute atomic E-state index is 12.5. The van der Waals surface area contributed by atoms with Crippen molar-refractivity contribution in [1.82, 2.24) is 14.9 Å². The smallest absolute Gasteiger partial charge is 0.323 e. The van der Waals surface area contributed by atoms with Gasteiger partial charge in [-0.25, -0.2) is 14.8 Å². The summed E-state index contributed by atoms with van der Waals surface area (Å²) in [6, 6.07) is 5.40. The van der Waals surface area contributed by atoms with Crippen LogP contribution in [0.3, 0.4) is 0 Å². The van der Waals surface area contributed by atoms with Gasteiger partial charge in [-0.15, -0.1) is 0 Å². The molecule has 1 fully saturated rings. The summed E-state index contributed by atoms with van der Waals surface area (Å²) in [5, 5.41) is 3.85. The summed E-state index contributed by atoms with van der Waals surface area (Å²) >= 11 is 12.1. The predicted octanol–water partition coefficient (Wildman–Crippen LogP) is 4.75. The van der Waals surface area contributed by atoms with Gasteiger partial charge in [0.2, 0.25) is 5.88 Å². The molecule has 0 saturated carbocycles. The molecule has 1 N–H and O–H groups in total. The first-order valence-electron chi connectivity index (χ1n) is 8.53. The Labute approximate surface area is 168 Å². The van der Waals surface area contributed by atoms with Gasteiger partial charge in [0.05, 0.1) is 29.5 Å². The molecule has 1 aromatic heterocycles. The second-order valence-electron chi connectivity index (χ2n) is 6.36. The van der Waals surface area contributed by atoms with Crippen molar-refractivity contribution >= 4 is 41.1 Å². The maximum atomic E-state index is 12.5. The molecule has 142 valence electrons. The van der Waals surface area contributed by atoms with Crippen molar-refractivity contribution < 1.29 is 9.53 Å². The van der Waals surface area contributed by atoms with E-state index in [2.05, 4.69) is 28.3 Å². The summed E-state index contributed by atoms with van der Waals surface area (Å²) < 4.78 is 4.96. The summed E-state index contributed by atoms with van der Waals surface area (Å²) in [7, 11) is 1.51. The Morgan fingerprint density at radius 2 is 2.11 bits per heavy atom. The van der Waals surface area contributed by atoms with Crippen LogP contribution in [0.1, 0.15) is 18.9 Å². The van der Waals surface area contributed by atoms with Gasteiger partial charge in [-0.1, -0.05) is 47.8 Å². The number of likely N-dealkylation sites (tertiary alicyclic amines) is 1. The number of urea groups is 1. The molecule has 27 heavy (non-hydrogen) atoms. The lowest BCUT2D eigenvalue weighted by atomic mass is 9.91. The van der Waals surface area contributed by atoms with Gasteiger partial charge < -0.3 is 9.64 Å². The van der Waals surface area contributed by atoms with Crippen LogP contribution in [0, 0.1) is 5.92 Å². The van der Waals surface area contributed by atoms with E-state index in [1.807, 2.05) is 12.1 Å². The first kappa shape index (κ1) is 19.5. The standard InChI is InChI=1S/C19H20Cl2N4O2/c1-12-11-25(19(26)24-17-9-23-18(27-2)10-22-17)6-5-14(12)7-13-3-4-15(20)16(21)8-13/h3-4,7-10,12H,5-6,11H2,1-2H3,(H,22,24,26)/b14-7+. The van der Waals surface area contributed by atoms with Gasteiger partial charge in [0.15, 0.2) is 5.82 Å². The number of ether oxygens (including phenoxy) is 1. The number of nitrogens with zero attached hydrogens (tertiary/aromatic N) is 3. The SMILES string of the molecule is COc1cnc(NC(=O)N2CC/C(=C\c3ccc(Cl)c(Cl)c3)C(C)C2)cn1. The van der Waals surface area contributed by atoms with Crippen molar-refractivity contribution in [2.45, 2.75) is 13.3 Å². The molecule has 2 heterocycles. The van der Waals surface area contributed by atoms with E-state index >= 15 is 0 Å². The van der Waals surface area contributed by atoms with Crippen LogP contribution >= 0.6 is 23.2 Å². The molecule has 0 aliphatic carbocycles. The van der Waals surface area contributed by atoms with Crippen LogP contribution in [-0.4, -0.2) is 41.1 Å². The summed E-state index contributed by atoms with van der Waals surface area (Å²) in [5.41, 5.74) is 2.29. The number of hydrogen-bond donors (Lipinski definition) is 1. The highest BCUT2D eigenvalue weighted by Gasteiger charge is 2.24. The molecule has 1 unspecified atom stereocenters. The van der Waals surface area contributed by atoms with Gasteiger partial charge in [-0.05, 0) is 30.0 Å². The lowest BCUT2D eigenvalue weighted by Crippen LogP contribution is -2.42. The summed E-state index contributed by atoms with van der Waals surface area (Å²) in [6.07, 6.45) is 5.85. The first-order valence-corrected chi connectivity index (χ1v) is 9.29. The van der Waals surface area contributed by atoms with Crippen molar-refractivity contribution in [3.63, 3.8) is 0 Å². The fourth-order valence-electron chi connectivity index (χ4n) is 2.94. The van der Waals surface area contributed by atoms with E-state index in [4.69, 9.17) is 27.9 Å². The van der Waals surface area contributed by atoms with Crippen LogP contribution in [0.4, 0.5) is 10.6 Å². The molecule has 0 spiro atoms. The maximum Gasteiger partial charge on any atom is 0.323 e. The van der Waals surface area contributed by atoms with Crippen LogP contribution < -0.4 is 10.1 Å². The third kappa shape index (κ3) is 4.90. The number of aromatic nitrogens is 2. The minimum Gasteiger partial charge on any atom is -0.480 e. The molecule has 3 rings (SSSR count). The first-order chi connectivity index (χ1) is 13.0. The number of nitrogens with one attached hydrogen (secondary N) is 1. The monoisotopic (exact) mass is 406 g/mol. The van der Waals surface area contributed by atoms with Crippen LogP contribution in [0.5, 0.6) is 5.88 Å². The Kier molecular flexibility index (Phi) is 6.19. The Balaban J connectivity index is 1.62. The molecule has 0 radical (unpaired) electrons. The van der Waals surface area contributed by atoms with Crippen LogP contribution in [0.25, 0.3) is 6.08 Å². The summed E-state index contributed by atoms with van der Waals surface area (Å²) in [4.78, 5) is 22.4. The van der Waals surface area contributed by atoms with E-state index in [1.54, 1.807) is 11.0 Å². The molecule has 6 nitrogen and oxygen atoms in total. The van der Waals surface area contributed by atoms with Crippen LogP contribution in [0.2, 0.25) is 10.0 Å². The highest BCUT2D eigenvalue weighted by molar-refractivity contribution is 6.42. The number of carbonyl (C=O) groups is 1. The van der Waals surface area contributed by atoms with E-state index in [1.165, 1.54) is 25.1 Å². The minimum absolute atomic E-state index is 0.185. The quantitative estimate of drug-likeness (QED) is 0.798. The third-order valence-corrected chi connectivity index (χ3v) is 5.19. The Bertz CT molecular complexity index is 855. The van der Waals surface area contributed by atoms with Crippen LogP contribution in [-0.2, 0) is 0 Å². The van der Waals surface area contributed by atoms with E-state index in [9.17, 15) is 4.79 Å². The largest absolute Gasteiger partial charge is 0.480 e. The highest BCUT2D eigenvalue weighted by Crippen LogP contribution is 2.28. The zero-order valence-electron chi connectivity index (χ0n) is 15.1. The van der Waals surface area contributed by atoms with E-state index in [0.717, 1.165) is 12.0 Å². The molecule has 1 aliphatic rings. The lowest BCUT2D eigenvalue weighted by molar-refractivity contribution is 0.197. The molecular formula is C19H20Cl2N4O2. The van der Waals surface area contributed by atoms with Gasteiger partial charge in [-0.3, -0.25) is 5.32 Å². The normalized spacial score (nSPS) is 18.4. The number of benzene rings is 1. The van der Waals surface area contributed by atoms with Gasteiger partial charge in [0.1, 0.15) is 0 Å². The van der Waals surface area contributed by atoms with Gasteiger partial charge in [-0.2, -0.15) is 0 Å². The number of halogens is 2. The van der Waals surface area contributed by atoms with E-state index in [-0.39, 0.29) is 11.9 Å². The molecule has 1 saturated heterocycles. The molecule has 1 atom stereocenters. The Hall–Kier alpha value is -2.31. The fourth-order valence-corrected chi connectivity index (χ4v) is 3.25. The van der Waals surface area contributed by atoms with Gasteiger partial charge in [0.25, 0.3) is 0 Å². The van der Waals surface area contributed by atoms with Gasteiger partial charge in [0, 0.05) is 13.1 Å². The molecule has 0 bridgehead atoms. The van der Waals surface area contributed by atoms with Crippen molar-refractivity contribution in [3.05, 3.63) is 51.8 Å². The molecule has 8 heteroatoms. The number of methoxy groups -OCH3 is 1. The second-order valence-corrected chi connectivity index (χ2v) is 7.18. The van der Waals surface area contributed by atoms with Crippen molar-refractivity contribution in [3.8, 4) is 5.88 Å². The Morgan fingerprint density at radius 1 is 1.30 bits per heavy atom. The molecule has 1 aliphatic heterocycles. The molecule has 2 amide bonds. The van der Waals surface area contributed by atoms with Gasteiger partial charge >= 0.3 is 6.03 Å². The molecular weight excluding hydrogens is 387 g/mol. The number of carbonyl (C=O) groups excluding carboxylic acids is 1. The van der Waals surface area contributed by atoms with Crippen molar-refractivity contribution in [2.24, 2.45) is 5.92 Å². The molecule has 1 aromatic carbocycles. The van der Waals surface area contributed by atoms with E-state index in [0.29, 0.717) is 34.8 Å². The Morgan fingerprint density at radius 3 is 2.74 bits per heavy atom. The second kappa shape index (κ2) is 8.59. The summed E-state index contributed by atoms with van der Waals surface area (Å²) in [6.45, 7) is 3.37. The number of anilines is 1. The third-order valence-electron chi connectivity index (χ3n) is 4.45. The fraction of sp³-hybridized carbons (Fsp3) is 0.316. The zero-order valence-corrected chi connectivity index (χ0v) is 16.6.